The van der Waals surface area contributed by atoms with E-state index in [2.05, 4.69) is 36.5 Å². The summed E-state index contributed by atoms with van der Waals surface area (Å²) in [6.45, 7) is 10.8. The molecule has 0 bridgehead atoms. The number of aromatic nitrogens is 2. The Morgan fingerprint density at radius 2 is 2.10 bits per heavy atom. The maximum absolute atomic E-state index is 12.5. The molecule has 5 nitrogen and oxygen atoms in total. The molecule has 1 aliphatic carbocycles. The summed E-state index contributed by atoms with van der Waals surface area (Å²) in [5, 5.41) is 8.23. The van der Waals surface area contributed by atoms with Gasteiger partial charge >= 0.3 is 6.09 Å². The van der Waals surface area contributed by atoms with E-state index in [1.807, 2.05) is 27.7 Å². The molecule has 0 spiro atoms. The molecule has 1 atom stereocenters. The van der Waals surface area contributed by atoms with Gasteiger partial charge in [-0.25, -0.2) is 4.79 Å². The standard InChI is InChI=1S/C24H35N3O2/c1-6-7-14-25-20-13-9-12-19(15-20)21(18-10-8-11-18)22-17(2)16-27(26-22)23(28)29-24(3,4)5/h9,12-13,15-16,18,21,25H,6-8,10-11,14H2,1-5H3. The van der Waals surface area contributed by atoms with Crippen molar-refractivity contribution in [3.05, 3.63) is 47.3 Å². The van der Waals surface area contributed by atoms with Crippen molar-refractivity contribution < 1.29 is 9.53 Å². The van der Waals surface area contributed by atoms with E-state index in [9.17, 15) is 4.79 Å². The minimum atomic E-state index is -0.539. The van der Waals surface area contributed by atoms with E-state index in [1.165, 1.54) is 35.9 Å². The number of ether oxygens (including phenoxy) is 1. The van der Waals surface area contributed by atoms with E-state index in [-0.39, 0.29) is 5.92 Å². The molecule has 1 N–H and O–H groups in total. The number of unbranched alkanes of at least 4 members (excludes halogenated alkanes) is 1. The summed E-state index contributed by atoms with van der Waals surface area (Å²) in [4.78, 5) is 12.5. The molecule has 2 aromatic rings. The van der Waals surface area contributed by atoms with Gasteiger partial charge < -0.3 is 10.1 Å². The summed E-state index contributed by atoms with van der Waals surface area (Å²) in [6.07, 6.45) is 7.40. The summed E-state index contributed by atoms with van der Waals surface area (Å²) in [7, 11) is 0. The van der Waals surface area contributed by atoms with Crippen LogP contribution >= 0.6 is 0 Å². The highest BCUT2D eigenvalue weighted by molar-refractivity contribution is 5.70. The van der Waals surface area contributed by atoms with Crippen LogP contribution in [0.2, 0.25) is 0 Å². The van der Waals surface area contributed by atoms with Crippen molar-refractivity contribution in [3.8, 4) is 0 Å². The first-order valence-corrected chi connectivity index (χ1v) is 10.9. The van der Waals surface area contributed by atoms with Gasteiger partial charge in [0.15, 0.2) is 0 Å². The van der Waals surface area contributed by atoms with Crippen LogP contribution in [-0.4, -0.2) is 28.0 Å². The monoisotopic (exact) mass is 397 g/mol. The summed E-state index contributed by atoms with van der Waals surface area (Å²) < 4.78 is 6.87. The molecule has 0 radical (unpaired) electrons. The van der Waals surface area contributed by atoms with Crippen molar-refractivity contribution >= 4 is 11.8 Å². The minimum absolute atomic E-state index is 0.209. The average molecular weight is 398 g/mol. The molecule has 158 valence electrons. The number of aryl methyl sites for hydroxylation is 1. The predicted molar refractivity (Wildman–Crippen MR) is 118 cm³/mol. The van der Waals surface area contributed by atoms with Gasteiger partial charge in [0.1, 0.15) is 5.60 Å². The molecule has 1 fully saturated rings. The number of carbonyl (C=O) groups excluding carboxylic acids is 1. The number of rotatable bonds is 7. The largest absolute Gasteiger partial charge is 0.442 e. The Morgan fingerprint density at radius 1 is 1.34 bits per heavy atom. The highest BCUT2D eigenvalue weighted by atomic mass is 16.6. The first kappa shape index (κ1) is 21.4. The summed E-state index contributed by atoms with van der Waals surface area (Å²) in [5.41, 5.74) is 3.92. The fourth-order valence-corrected chi connectivity index (χ4v) is 3.86. The topological polar surface area (TPSA) is 56.2 Å². The van der Waals surface area contributed by atoms with Crippen molar-refractivity contribution in [2.45, 2.75) is 78.2 Å². The van der Waals surface area contributed by atoms with Crippen molar-refractivity contribution in [2.75, 3.05) is 11.9 Å². The van der Waals surface area contributed by atoms with Crippen LogP contribution in [-0.2, 0) is 4.74 Å². The second-order valence-corrected chi connectivity index (χ2v) is 9.20. The Labute approximate surface area is 174 Å². The van der Waals surface area contributed by atoms with Crippen LogP contribution in [0.1, 0.15) is 82.5 Å². The molecule has 1 aromatic carbocycles. The van der Waals surface area contributed by atoms with Gasteiger partial charge in [-0.3, -0.25) is 0 Å². The molecule has 0 aliphatic heterocycles. The number of anilines is 1. The van der Waals surface area contributed by atoms with E-state index in [0.717, 1.165) is 29.9 Å². The van der Waals surface area contributed by atoms with Gasteiger partial charge in [-0.1, -0.05) is 31.9 Å². The molecule has 29 heavy (non-hydrogen) atoms. The first-order chi connectivity index (χ1) is 13.8. The normalized spacial score (nSPS) is 15.6. The summed E-state index contributed by atoms with van der Waals surface area (Å²) >= 11 is 0. The summed E-state index contributed by atoms with van der Waals surface area (Å²) in [6, 6.07) is 8.70. The molecule has 1 aliphatic rings. The van der Waals surface area contributed by atoms with Crippen LogP contribution in [0.15, 0.2) is 30.5 Å². The third kappa shape index (κ3) is 5.40. The van der Waals surface area contributed by atoms with Gasteiger partial charge in [-0.15, -0.1) is 0 Å². The number of nitrogens with one attached hydrogen (secondary N) is 1. The Balaban J connectivity index is 1.89. The molecule has 1 heterocycles. The van der Waals surface area contributed by atoms with Gasteiger partial charge in [-0.05, 0) is 76.1 Å². The predicted octanol–water partition coefficient (Wildman–Crippen LogP) is 6.12. The third-order valence-electron chi connectivity index (χ3n) is 5.54. The van der Waals surface area contributed by atoms with Gasteiger partial charge in [0.05, 0.1) is 5.69 Å². The van der Waals surface area contributed by atoms with Gasteiger partial charge in [0.25, 0.3) is 0 Å². The van der Waals surface area contributed by atoms with Crippen LogP contribution in [0, 0.1) is 12.8 Å². The lowest BCUT2D eigenvalue weighted by molar-refractivity contribution is 0.0513. The highest BCUT2D eigenvalue weighted by Crippen LogP contribution is 2.44. The molecule has 0 saturated heterocycles. The Hall–Kier alpha value is -2.30. The quantitative estimate of drug-likeness (QED) is 0.572. The van der Waals surface area contributed by atoms with Crippen LogP contribution < -0.4 is 5.32 Å². The highest BCUT2D eigenvalue weighted by Gasteiger charge is 2.33. The Morgan fingerprint density at radius 3 is 2.72 bits per heavy atom. The van der Waals surface area contributed by atoms with Gasteiger partial charge in [0, 0.05) is 24.3 Å². The maximum Gasteiger partial charge on any atom is 0.435 e. The number of carbonyl (C=O) groups is 1. The Bertz CT molecular complexity index is 831. The fraction of sp³-hybridized carbons (Fsp3) is 0.583. The minimum Gasteiger partial charge on any atom is -0.442 e. The number of hydrogen-bond donors (Lipinski definition) is 1. The maximum atomic E-state index is 12.5. The SMILES string of the molecule is CCCCNc1cccc(C(c2nn(C(=O)OC(C)(C)C)cc2C)C2CCC2)c1. The average Bonchev–Trinajstić information content (AvgIpc) is 2.98. The molecule has 5 heteroatoms. The molecular formula is C24H35N3O2. The molecule has 1 unspecified atom stereocenters. The van der Waals surface area contributed by atoms with Gasteiger partial charge in [-0.2, -0.15) is 9.78 Å². The van der Waals surface area contributed by atoms with Gasteiger partial charge in [0.2, 0.25) is 0 Å². The number of hydrogen-bond acceptors (Lipinski definition) is 4. The van der Waals surface area contributed by atoms with E-state index in [1.54, 1.807) is 6.20 Å². The van der Waals surface area contributed by atoms with Crippen LogP contribution in [0.5, 0.6) is 0 Å². The third-order valence-corrected chi connectivity index (χ3v) is 5.54. The van der Waals surface area contributed by atoms with Crippen molar-refractivity contribution in [1.82, 2.24) is 9.78 Å². The second-order valence-electron chi connectivity index (χ2n) is 9.20. The van der Waals surface area contributed by atoms with Crippen LogP contribution in [0.25, 0.3) is 0 Å². The van der Waals surface area contributed by atoms with E-state index >= 15 is 0 Å². The molecule has 1 aromatic heterocycles. The van der Waals surface area contributed by atoms with Crippen molar-refractivity contribution in [3.63, 3.8) is 0 Å². The smallest absolute Gasteiger partial charge is 0.435 e. The zero-order valence-corrected chi connectivity index (χ0v) is 18.5. The second kappa shape index (κ2) is 9.02. The van der Waals surface area contributed by atoms with Crippen LogP contribution in [0.4, 0.5) is 10.5 Å². The van der Waals surface area contributed by atoms with Crippen LogP contribution in [0.3, 0.4) is 0 Å². The fourth-order valence-electron chi connectivity index (χ4n) is 3.86. The molecule has 0 amide bonds. The summed E-state index contributed by atoms with van der Waals surface area (Å²) in [5.74, 6) is 0.780. The van der Waals surface area contributed by atoms with E-state index in [0.29, 0.717) is 5.92 Å². The number of nitrogens with zero attached hydrogens (tertiary/aromatic N) is 2. The molecule has 1 saturated carbocycles. The zero-order valence-electron chi connectivity index (χ0n) is 18.5. The molecule has 3 rings (SSSR count). The lowest BCUT2D eigenvalue weighted by Gasteiger charge is -2.34. The van der Waals surface area contributed by atoms with Crippen molar-refractivity contribution in [1.29, 1.82) is 0 Å². The number of benzene rings is 1. The first-order valence-electron chi connectivity index (χ1n) is 10.9. The lowest BCUT2D eigenvalue weighted by Crippen LogP contribution is -2.28. The Kier molecular flexibility index (Phi) is 6.66. The van der Waals surface area contributed by atoms with E-state index < -0.39 is 11.7 Å². The van der Waals surface area contributed by atoms with Crippen molar-refractivity contribution in [2.24, 2.45) is 5.92 Å². The lowest BCUT2D eigenvalue weighted by atomic mass is 9.71. The molecular weight excluding hydrogens is 362 g/mol. The zero-order chi connectivity index (χ0) is 21.0. The van der Waals surface area contributed by atoms with E-state index in [4.69, 9.17) is 9.84 Å².